The molecule has 2 bridgehead atoms. The van der Waals surface area contributed by atoms with Gasteiger partial charge in [-0.1, -0.05) is 13.8 Å². The quantitative estimate of drug-likeness (QED) is 0.653. The van der Waals surface area contributed by atoms with Gasteiger partial charge in [-0.05, 0) is 30.0 Å². The van der Waals surface area contributed by atoms with Gasteiger partial charge in [0.15, 0.2) is 17.5 Å². The lowest BCUT2D eigenvalue weighted by molar-refractivity contribution is -0.169. The average Bonchev–Trinajstić information content (AvgIpc) is 2.46. The zero-order chi connectivity index (χ0) is 18.7. The summed E-state index contributed by atoms with van der Waals surface area (Å²) in [7, 11) is 0. The molecule has 0 spiro atoms. The van der Waals surface area contributed by atoms with Gasteiger partial charge >= 0.3 is 6.18 Å². The van der Waals surface area contributed by atoms with Gasteiger partial charge in [0.2, 0.25) is 5.91 Å². The van der Waals surface area contributed by atoms with Gasteiger partial charge in [0.25, 0.3) is 0 Å². The number of carbonyl (C=O) groups is 3. The van der Waals surface area contributed by atoms with Crippen LogP contribution in [0.5, 0.6) is 0 Å². The van der Waals surface area contributed by atoms with E-state index in [0.717, 1.165) is 6.07 Å². The van der Waals surface area contributed by atoms with Crippen molar-refractivity contribution < 1.29 is 31.9 Å². The maximum atomic E-state index is 13.3. The molecule has 4 nitrogen and oxygen atoms in total. The van der Waals surface area contributed by atoms with E-state index in [2.05, 4.69) is 5.32 Å². The molecule has 3 fully saturated rings. The number of anilines is 1. The molecule has 3 aliphatic carbocycles. The number of ketones is 2. The number of alkyl halides is 3. The molecule has 1 aromatic carbocycles. The Morgan fingerprint density at radius 2 is 1.72 bits per heavy atom. The lowest BCUT2D eigenvalue weighted by Crippen LogP contribution is -2.63. The molecule has 4 rings (SSSR count). The Balaban J connectivity index is 1.82. The molecule has 2 unspecified atom stereocenters. The highest BCUT2D eigenvalue weighted by Gasteiger charge is 2.64. The molecular formula is C17H15F4NO3. The first-order valence-corrected chi connectivity index (χ1v) is 7.69. The van der Waals surface area contributed by atoms with Crippen molar-refractivity contribution in [1.82, 2.24) is 0 Å². The molecule has 0 aromatic heterocycles. The van der Waals surface area contributed by atoms with Crippen LogP contribution in [0.4, 0.5) is 23.2 Å². The summed E-state index contributed by atoms with van der Waals surface area (Å²) in [4.78, 5) is 37.0. The normalized spacial score (nSPS) is 27.7. The Morgan fingerprint density at radius 1 is 1.16 bits per heavy atom. The first kappa shape index (κ1) is 17.6. The van der Waals surface area contributed by atoms with Crippen LogP contribution in [-0.4, -0.2) is 17.5 Å². The highest BCUT2D eigenvalue weighted by atomic mass is 19.4. The van der Waals surface area contributed by atoms with Crippen LogP contribution in [-0.2, 0) is 20.6 Å². The second kappa shape index (κ2) is 5.37. The summed E-state index contributed by atoms with van der Waals surface area (Å²) >= 11 is 0. The molecule has 0 heterocycles. The molecule has 134 valence electrons. The number of benzene rings is 1. The van der Waals surface area contributed by atoms with E-state index in [4.69, 9.17) is 0 Å². The molecule has 3 saturated carbocycles. The number of carbonyl (C=O) groups excluding carboxylic acids is 3. The smallest absolute Gasteiger partial charge is 0.325 e. The Hall–Kier alpha value is -2.25. The van der Waals surface area contributed by atoms with E-state index < -0.39 is 58.2 Å². The number of hydrogen-bond acceptors (Lipinski definition) is 3. The minimum Gasteiger partial charge on any atom is -0.325 e. The lowest BCUT2D eigenvalue weighted by atomic mass is 9.45. The summed E-state index contributed by atoms with van der Waals surface area (Å²) in [6.45, 7) is 3.57. The number of halogens is 4. The Bertz CT molecular complexity index is 761. The van der Waals surface area contributed by atoms with Crippen molar-refractivity contribution in [2.45, 2.75) is 26.4 Å². The molecule has 1 amide bonds. The molecular weight excluding hydrogens is 342 g/mol. The minimum atomic E-state index is -4.92. The van der Waals surface area contributed by atoms with E-state index in [9.17, 15) is 31.9 Å². The van der Waals surface area contributed by atoms with Crippen LogP contribution in [0.15, 0.2) is 18.2 Å². The van der Waals surface area contributed by atoms with Crippen LogP contribution >= 0.6 is 0 Å². The molecule has 0 aliphatic heterocycles. The van der Waals surface area contributed by atoms with Gasteiger partial charge in [-0.15, -0.1) is 0 Å². The lowest BCUT2D eigenvalue weighted by Gasteiger charge is -2.55. The van der Waals surface area contributed by atoms with Crippen LogP contribution < -0.4 is 5.32 Å². The number of fused-ring (bicyclic) bond motifs is 2. The van der Waals surface area contributed by atoms with Crippen molar-refractivity contribution in [1.29, 1.82) is 0 Å². The van der Waals surface area contributed by atoms with Crippen molar-refractivity contribution in [3.05, 3.63) is 29.6 Å². The summed E-state index contributed by atoms with van der Waals surface area (Å²) < 4.78 is 51.5. The molecule has 25 heavy (non-hydrogen) atoms. The molecule has 3 aliphatic rings. The van der Waals surface area contributed by atoms with Crippen molar-refractivity contribution in [3.8, 4) is 0 Å². The van der Waals surface area contributed by atoms with Crippen LogP contribution in [0, 0.1) is 29.0 Å². The average molecular weight is 357 g/mol. The van der Waals surface area contributed by atoms with Gasteiger partial charge in [-0.2, -0.15) is 13.2 Å². The Morgan fingerprint density at radius 3 is 2.20 bits per heavy atom. The third-order valence-corrected chi connectivity index (χ3v) is 5.33. The standard InChI is InChI=1S/C17H15F4NO3/c1-16(2)9-6-10(16)14(24)12(13(9)23)15(25)22-7-3-4-11(18)8(5-7)17(19,20)21/h3-5,9-10,12H,6H2,1-2H3,(H,22,25). The number of nitrogens with one attached hydrogen (secondary N) is 1. The second-order valence-corrected chi connectivity index (χ2v) is 7.08. The fourth-order valence-electron chi connectivity index (χ4n) is 3.73. The number of amides is 1. The van der Waals surface area contributed by atoms with Crippen LogP contribution in [0.3, 0.4) is 0 Å². The monoisotopic (exact) mass is 357 g/mol. The van der Waals surface area contributed by atoms with Crippen molar-refractivity contribution in [2.75, 3.05) is 5.32 Å². The van der Waals surface area contributed by atoms with Gasteiger partial charge in [-0.25, -0.2) is 4.39 Å². The molecule has 0 saturated heterocycles. The first-order valence-electron chi connectivity index (χ1n) is 7.69. The Labute approximate surface area is 140 Å². The molecule has 2 atom stereocenters. The van der Waals surface area contributed by atoms with E-state index in [1.807, 2.05) is 0 Å². The number of Topliss-reactive ketones (excluding diaryl/α,β-unsaturated/α-hetero) is 2. The molecule has 0 radical (unpaired) electrons. The van der Waals surface area contributed by atoms with Gasteiger partial charge in [0.1, 0.15) is 5.82 Å². The summed E-state index contributed by atoms with van der Waals surface area (Å²) in [5.41, 5.74) is -2.35. The number of rotatable bonds is 2. The fraction of sp³-hybridized carbons (Fsp3) is 0.471. The van der Waals surface area contributed by atoms with Crippen molar-refractivity contribution in [3.63, 3.8) is 0 Å². The predicted molar refractivity (Wildman–Crippen MR) is 78.9 cm³/mol. The molecule has 1 aromatic rings. The summed E-state index contributed by atoms with van der Waals surface area (Å²) in [6, 6.07) is 1.96. The minimum absolute atomic E-state index is 0.321. The largest absolute Gasteiger partial charge is 0.419 e. The van der Waals surface area contributed by atoms with Gasteiger partial charge in [-0.3, -0.25) is 14.4 Å². The van der Waals surface area contributed by atoms with E-state index >= 15 is 0 Å². The highest BCUT2D eigenvalue weighted by Crippen LogP contribution is 2.57. The third-order valence-electron chi connectivity index (χ3n) is 5.33. The summed E-state index contributed by atoms with van der Waals surface area (Å²) in [5.74, 6) is -5.80. The summed E-state index contributed by atoms with van der Waals surface area (Å²) in [6.07, 6.45) is -4.52. The van der Waals surface area contributed by atoms with E-state index in [0.29, 0.717) is 18.6 Å². The maximum Gasteiger partial charge on any atom is 0.419 e. The first-order chi connectivity index (χ1) is 11.4. The van der Waals surface area contributed by atoms with E-state index in [1.165, 1.54) is 0 Å². The number of hydrogen-bond donors (Lipinski definition) is 1. The predicted octanol–water partition coefficient (Wildman–Crippen LogP) is 3.21. The molecule has 8 heteroatoms. The molecule has 1 N–H and O–H groups in total. The van der Waals surface area contributed by atoms with Gasteiger partial charge in [0.05, 0.1) is 5.56 Å². The van der Waals surface area contributed by atoms with Crippen LogP contribution in [0.1, 0.15) is 25.8 Å². The van der Waals surface area contributed by atoms with Crippen LogP contribution in [0.2, 0.25) is 0 Å². The second-order valence-electron chi connectivity index (χ2n) is 7.08. The third kappa shape index (κ3) is 2.63. The summed E-state index contributed by atoms with van der Waals surface area (Å²) in [5, 5.41) is 2.13. The maximum absolute atomic E-state index is 13.3. The zero-order valence-electron chi connectivity index (χ0n) is 13.4. The van der Waals surface area contributed by atoms with Crippen molar-refractivity contribution in [2.24, 2.45) is 23.2 Å². The highest BCUT2D eigenvalue weighted by molar-refractivity contribution is 6.25. The van der Waals surface area contributed by atoms with Gasteiger partial charge < -0.3 is 5.32 Å². The van der Waals surface area contributed by atoms with Gasteiger partial charge in [0, 0.05) is 17.5 Å². The van der Waals surface area contributed by atoms with E-state index in [1.54, 1.807) is 13.8 Å². The topological polar surface area (TPSA) is 63.2 Å². The van der Waals surface area contributed by atoms with Crippen LogP contribution in [0.25, 0.3) is 0 Å². The Kier molecular flexibility index (Phi) is 3.78. The van der Waals surface area contributed by atoms with Crippen molar-refractivity contribution >= 4 is 23.2 Å². The van der Waals surface area contributed by atoms with E-state index in [-0.39, 0.29) is 5.69 Å². The SMILES string of the molecule is CC1(C)C2CC1C(=O)C(C(=O)Nc1ccc(F)c(C(F)(F)F)c1)C2=O. The fourth-order valence-corrected chi connectivity index (χ4v) is 3.73. The zero-order valence-corrected chi connectivity index (χ0v) is 13.4.